The summed E-state index contributed by atoms with van der Waals surface area (Å²) in [6.45, 7) is 10.2. The summed E-state index contributed by atoms with van der Waals surface area (Å²) in [6.07, 6.45) is 3.72. The van der Waals surface area contributed by atoms with Crippen molar-refractivity contribution in [3.8, 4) is 17.0 Å². The molecular weight excluding hydrogens is 522 g/mol. The average Bonchev–Trinajstić information content (AvgIpc) is 3.28. The predicted molar refractivity (Wildman–Crippen MR) is 156 cm³/mol. The minimum atomic E-state index is -0.631. The molecule has 1 saturated carbocycles. The van der Waals surface area contributed by atoms with E-state index in [-0.39, 0.29) is 5.92 Å². The number of anilines is 1. The summed E-state index contributed by atoms with van der Waals surface area (Å²) in [4.78, 5) is 21.5. The van der Waals surface area contributed by atoms with Gasteiger partial charge in [0.25, 0.3) is 0 Å². The molecule has 0 spiro atoms. The zero-order valence-electron chi connectivity index (χ0n) is 23.3. The van der Waals surface area contributed by atoms with Crippen LogP contribution in [-0.2, 0) is 29.1 Å². The van der Waals surface area contributed by atoms with Crippen molar-refractivity contribution in [3.63, 3.8) is 0 Å². The second-order valence-corrected chi connectivity index (χ2v) is 12.9. The molecule has 0 bridgehead atoms. The number of hydrogen-bond donors (Lipinski definition) is 1. The Hall–Kier alpha value is -2.94. The van der Waals surface area contributed by atoms with E-state index in [4.69, 9.17) is 14.5 Å². The van der Waals surface area contributed by atoms with Gasteiger partial charge in [0.2, 0.25) is 0 Å². The number of aromatic nitrogens is 1. The molecule has 40 heavy (non-hydrogen) atoms. The van der Waals surface area contributed by atoms with E-state index in [1.54, 1.807) is 11.3 Å². The number of hydrogen-bond acceptors (Lipinski definition) is 7. The van der Waals surface area contributed by atoms with E-state index in [1.165, 1.54) is 27.8 Å². The summed E-state index contributed by atoms with van der Waals surface area (Å²) in [6, 6.07) is 11.4. The summed E-state index contributed by atoms with van der Waals surface area (Å²) in [5.41, 5.74) is 8.13. The summed E-state index contributed by atoms with van der Waals surface area (Å²) in [5, 5.41) is 12.7. The Morgan fingerprint density at radius 3 is 2.95 bits per heavy atom. The van der Waals surface area contributed by atoms with Gasteiger partial charge in [0.15, 0.2) is 5.13 Å². The Kier molecular flexibility index (Phi) is 6.60. The average molecular weight is 560 g/mol. The Bertz CT molecular complexity index is 1450. The number of carboxylic acids is 1. The third-order valence-electron chi connectivity index (χ3n) is 9.74. The monoisotopic (exact) mass is 559 g/mol. The molecule has 0 amide bonds. The van der Waals surface area contributed by atoms with E-state index < -0.39 is 11.4 Å². The maximum Gasteiger partial charge on any atom is 0.310 e. The molecule has 4 aliphatic rings. The first-order valence-corrected chi connectivity index (χ1v) is 15.4. The van der Waals surface area contributed by atoms with Gasteiger partial charge < -0.3 is 19.5 Å². The van der Waals surface area contributed by atoms with Crippen molar-refractivity contribution in [2.24, 2.45) is 11.3 Å². The normalized spacial score (nSPS) is 25.9. The Morgan fingerprint density at radius 2 is 2.15 bits per heavy atom. The molecule has 1 N–H and O–H groups in total. The first-order valence-electron chi connectivity index (χ1n) is 14.5. The van der Waals surface area contributed by atoms with Crippen LogP contribution in [-0.4, -0.2) is 59.8 Å². The van der Waals surface area contributed by atoms with Gasteiger partial charge in [0.1, 0.15) is 12.4 Å². The first-order chi connectivity index (χ1) is 19.4. The van der Waals surface area contributed by atoms with Crippen LogP contribution in [0.15, 0.2) is 35.7 Å². The lowest BCUT2D eigenvalue weighted by Gasteiger charge is -2.34. The van der Waals surface area contributed by atoms with Gasteiger partial charge in [-0.05, 0) is 79.8 Å². The molecule has 8 heteroatoms. The zero-order valence-corrected chi connectivity index (χ0v) is 24.1. The molecule has 3 aliphatic heterocycles. The molecule has 1 aliphatic carbocycles. The number of carbonyl (C=O) groups is 1. The second kappa shape index (κ2) is 10.2. The van der Waals surface area contributed by atoms with Crippen molar-refractivity contribution in [3.05, 3.63) is 63.5 Å². The van der Waals surface area contributed by atoms with Gasteiger partial charge in [-0.1, -0.05) is 23.8 Å². The largest absolute Gasteiger partial charge is 0.488 e. The zero-order chi connectivity index (χ0) is 27.4. The lowest BCUT2D eigenvalue weighted by molar-refractivity contribution is -0.144. The molecule has 0 radical (unpaired) electrons. The Balaban J connectivity index is 1.06. The topological polar surface area (TPSA) is 75.1 Å². The number of piperidine rings is 1. The van der Waals surface area contributed by atoms with Gasteiger partial charge in [0.05, 0.1) is 17.7 Å². The van der Waals surface area contributed by atoms with E-state index in [0.29, 0.717) is 19.1 Å². The van der Waals surface area contributed by atoms with Crippen LogP contribution in [0.4, 0.5) is 5.13 Å². The van der Waals surface area contributed by atoms with Crippen LogP contribution >= 0.6 is 11.3 Å². The van der Waals surface area contributed by atoms with Gasteiger partial charge in [-0.15, -0.1) is 11.3 Å². The van der Waals surface area contributed by atoms with Crippen molar-refractivity contribution < 1.29 is 19.4 Å². The molecule has 1 aromatic heterocycles. The maximum atomic E-state index is 11.7. The first kappa shape index (κ1) is 26.0. The van der Waals surface area contributed by atoms with Crippen LogP contribution in [0, 0.1) is 25.2 Å². The predicted octanol–water partition coefficient (Wildman–Crippen LogP) is 5.45. The quantitative estimate of drug-likeness (QED) is 0.412. The molecule has 210 valence electrons. The van der Waals surface area contributed by atoms with Crippen LogP contribution in [0.2, 0.25) is 0 Å². The standard InChI is InChI=1S/C32H37N3O4S/c1-20-3-6-29(27(13-20)28-19-40-31(33-28)35-11-9-32(30(36)37)14-24(32)16-35)39-17-23-5-4-22-15-34(25-8-12-38-18-25)10-7-26(22)21(23)2/h3-6,13,19,24-25H,7-12,14-18H2,1-2H3,(H,36,37)/t24-,25?,32+/m0/s1. The number of benzene rings is 2. The second-order valence-electron chi connectivity index (χ2n) is 12.1. The van der Waals surface area contributed by atoms with Crippen molar-refractivity contribution >= 4 is 22.4 Å². The van der Waals surface area contributed by atoms with Crippen molar-refractivity contribution in [1.29, 1.82) is 0 Å². The maximum absolute atomic E-state index is 11.7. The number of carboxylic acid groups (broad SMARTS) is 1. The number of nitrogens with zero attached hydrogens (tertiary/aromatic N) is 3. The van der Waals surface area contributed by atoms with Gasteiger partial charge in [-0.2, -0.15) is 0 Å². The highest BCUT2D eigenvalue weighted by molar-refractivity contribution is 7.14. The highest BCUT2D eigenvalue weighted by atomic mass is 32.1. The highest BCUT2D eigenvalue weighted by Crippen LogP contribution is 2.58. The van der Waals surface area contributed by atoms with Crippen molar-refractivity contribution in [1.82, 2.24) is 9.88 Å². The molecule has 7 rings (SSSR count). The van der Waals surface area contributed by atoms with Crippen LogP contribution in [0.5, 0.6) is 5.75 Å². The molecule has 3 atom stereocenters. The van der Waals surface area contributed by atoms with Crippen molar-refractivity contribution in [2.45, 2.75) is 58.7 Å². The summed E-state index contributed by atoms with van der Waals surface area (Å²) >= 11 is 1.63. The Labute approximate surface area is 239 Å². The van der Waals surface area contributed by atoms with Crippen LogP contribution in [0.1, 0.15) is 47.1 Å². The molecule has 4 heterocycles. The third-order valence-corrected chi connectivity index (χ3v) is 10.6. The van der Waals surface area contributed by atoms with E-state index in [1.807, 2.05) is 0 Å². The van der Waals surface area contributed by atoms with Crippen LogP contribution in [0.25, 0.3) is 11.3 Å². The van der Waals surface area contributed by atoms with Gasteiger partial charge in [-0.25, -0.2) is 4.98 Å². The van der Waals surface area contributed by atoms with Crippen molar-refractivity contribution in [2.75, 3.05) is 37.7 Å². The van der Waals surface area contributed by atoms with E-state index in [9.17, 15) is 9.90 Å². The fourth-order valence-corrected chi connectivity index (χ4v) is 7.87. The lowest BCUT2D eigenvalue weighted by atomic mass is 9.91. The Morgan fingerprint density at radius 1 is 1.25 bits per heavy atom. The number of ether oxygens (including phenoxy) is 2. The summed E-state index contributed by atoms with van der Waals surface area (Å²) < 4.78 is 12.1. The van der Waals surface area contributed by atoms with E-state index in [0.717, 1.165) is 80.8 Å². The van der Waals surface area contributed by atoms with Gasteiger partial charge >= 0.3 is 5.97 Å². The van der Waals surface area contributed by atoms with E-state index in [2.05, 4.69) is 59.4 Å². The fourth-order valence-electron chi connectivity index (χ4n) is 7.01. The highest BCUT2D eigenvalue weighted by Gasteiger charge is 2.62. The minimum Gasteiger partial charge on any atom is -0.488 e. The minimum absolute atomic E-state index is 0.239. The molecule has 2 saturated heterocycles. The number of aliphatic carboxylic acids is 1. The molecule has 1 unspecified atom stereocenters. The number of aryl methyl sites for hydroxylation is 1. The lowest BCUT2D eigenvalue weighted by Crippen LogP contribution is -2.39. The van der Waals surface area contributed by atoms with Crippen LogP contribution in [0.3, 0.4) is 0 Å². The fraction of sp³-hybridized carbons (Fsp3) is 0.500. The van der Waals surface area contributed by atoms with Gasteiger partial charge in [0, 0.05) is 49.8 Å². The molecule has 3 aromatic rings. The molecule has 3 fully saturated rings. The van der Waals surface area contributed by atoms with Crippen LogP contribution < -0.4 is 9.64 Å². The molecule has 7 nitrogen and oxygen atoms in total. The molecular formula is C32H37N3O4S. The molecule has 2 aromatic carbocycles. The SMILES string of the molecule is Cc1ccc(OCc2ccc3c(c2C)CCN(C2CCOC2)C3)c(-c2csc(N3CC[C@@]4(C(=O)O)C[C@H]4C3)n2)c1. The number of fused-ring (bicyclic) bond motifs is 2. The summed E-state index contributed by atoms with van der Waals surface area (Å²) in [5.74, 6) is 0.454. The number of rotatable bonds is 7. The van der Waals surface area contributed by atoms with Gasteiger partial charge in [-0.3, -0.25) is 9.69 Å². The third kappa shape index (κ3) is 4.60. The smallest absolute Gasteiger partial charge is 0.310 e. The number of thiazole rings is 1. The summed E-state index contributed by atoms with van der Waals surface area (Å²) in [7, 11) is 0. The van der Waals surface area contributed by atoms with E-state index >= 15 is 0 Å².